The molecule has 3 aromatic carbocycles. The van der Waals surface area contributed by atoms with Gasteiger partial charge in [0.15, 0.2) is 0 Å². The fraction of sp³-hybridized carbons (Fsp3) is 0. The molecule has 0 aromatic heterocycles. The van der Waals surface area contributed by atoms with Gasteiger partial charge in [-0.05, 0) is 72.8 Å². The lowest BCUT2D eigenvalue weighted by Crippen LogP contribution is -2.08. The fourth-order valence-corrected chi connectivity index (χ4v) is 6.76. The molecule has 0 radical (unpaired) electrons. The first-order valence-electron chi connectivity index (χ1n) is 10.3. The quantitative estimate of drug-likeness (QED) is 0.139. The van der Waals surface area contributed by atoms with E-state index in [1.165, 1.54) is 54.6 Å². The largest absolute Gasteiger partial charge is 0.597 e. The minimum absolute atomic E-state index is 0.0936. The van der Waals surface area contributed by atoms with Crippen LogP contribution in [-0.2, 0) is 36.7 Å². The predicted molar refractivity (Wildman–Crippen MR) is 134 cm³/mol. The van der Waals surface area contributed by atoms with Crippen molar-refractivity contribution in [3.05, 3.63) is 72.8 Å². The summed E-state index contributed by atoms with van der Waals surface area (Å²) in [6.07, 6.45) is 3.92. The van der Waals surface area contributed by atoms with E-state index in [4.69, 9.17) is 17.9 Å². The van der Waals surface area contributed by atoms with E-state index in [-0.39, 0.29) is 34.3 Å². The van der Waals surface area contributed by atoms with E-state index < -0.39 is 23.5 Å². The van der Waals surface area contributed by atoms with Gasteiger partial charge >= 0.3 is 23.5 Å². The smallest absolute Gasteiger partial charge is 0.403 e. The van der Waals surface area contributed by atoms with Crippen LogP contribution in [0.3, 0.4) is 0 Å². The summed E-state index contributed by atoms with van der Waals surface area (Å²) >= 11 is 0. The van der Waals surface area contributed by atoms with Crippen molar-refractivity contribution in [2.24, 2.45) is 15.0 Å². The molecule has 0 fully saturated rings. The van der Waals surface area contributed by atoms with Gasteiger partial charge < -0.3 is 23.4 Å². The Kier molecular flexibility index (Phi) is 9.98. The Labute approximate surface area is 224 Å². The number of aliphatic imine (C=N–C) groups is 3. The van der Waals surface area contributed by atoms with Crippen LogP contribution < -0.4 is 13.6 Å². The zero-order chi connectivity index (χ0) is 29.2. The maximum absolute atomic E-state index is 13.7. The standard InChI is InChI=1S/C21H14N3O13P3/c25-13-22-16-1-7-19(8-2-16)33-39(31,34-20-9-3-17(4-10-20)23-14-26)37-40(32,36-38(28,29)30)35-21-11-5-18(6-12-21)24-15-27/h1-12H,(H2,28,29,30). The van der Waals surface area contributed by atoms with Crippen molar-refractivity contribution in [3.63, 3.8) is 0 Å². The van der Waals surface area contributed by atoms with E-state index in [0.29, 0.717) is 0 Å². The number of rotatable bonds is 13. The molecule has 16 nitrogen and oxygen atoms in total. The summed E-state index contributed by atoms with van der Waals surface area (Å²) in [5, 5.41) is 0. The lowest BCUT2D eigenvalue weighted by atomic mass is 10.3. The normalized spacial score (nSPS) is 13.7. The van der Waals surface area contributed by atoms with Crippen LogP contribution in [-0.4, -0.2) is 28.0 Å². The third-order valence-corrected chi connectivity index (χ3v) is 8.65. The molecule has 0 bridgehead atoms. The van der Waals surface area contributed by atoms with Gasteiger partial charge in [0.2, 0.25) is 18.2 Å². The maximum atomic E-state index is 13.7. The Morgan fingerprint density at radius 3 is 1.07 bits per heavy atom. The fourth-order valence-electron chi connectivity index (χ4n) is 2.64. The monoisotopic (exact) mass is 609 g/mol. The second kappa shape index (κ2) is 13.2. The third-order valence-electron chi connectivity index (χ3n) is 4.09. The van der Waals surface area contributed by atoms with Crippen LogP contribution >= 0.6 is 23.5 Å². The van der Waals surface area contributed by atoms with Gasteiger partial charge in [0.1, 0.15) is 17.2 Å². The summed E-state index contributed by atoms with van der Waals surface area (Å²) in [6, 6.07) is 14.1. The highest BCUT2D eigenvalue weighted by molar-refractivity contribution is 7.67. The second-order valence-electron chi connectivity index (χ2n) is 6.91. The highest BCUT2D eigenvalue weighted by atomic mass is 31.3. The van der Waals surface area contributed by atoms with Crippen molar-refractivity contribution in [1.29, 1.82) is 0 Å². The molecule has 0 aliphatic carbocycles. The van der Waals surface area contributed by atoms with Crippen LogP contribution in [0.1, 0.15) is 0 Å². The van der Waals surface area contributed by atoms with Gasteiger partial charge in [0, 0.05) is 0 Å². The first-order valence-corrected chi connectivity index (χ1v) is 14.7. The molecule has 0 heterocycles. The molecule has 0 aliphatic rings. The van der Waals surface area contributed by atoms with Crippen molar-refractivity contribution < 1.29 is 60.1 Å². The third kappa shape index (κ3) is 9.48. The molecule has 0 spiro atoms. The van der Waals surface area contributed by atoms with E-state index in [9.17, 15) is 37.9 Å². The van der Waals surface area contributed by atoms with Gasteiger partial charge in [-0.1, -0.05) is 0 Å². The number of hydrogen-bond acceptors (Lipinski definition) is 14. The molecule has 0 saturated carbocycles. The summed E-state index contributed by atoms with van der Waals surface area (Å²) < 4.78 is 63.4. The predicted octanol–water partition coefficient (Wildman–Crippen LogP) is 5.47. The SMILES string of the molecule is O=C=Nc1ccc(OP(=O)(Oc2ccc(N=C=O)cc2)OP(=O)(Oc2ccc(N=C=O)cc2)OP(=O)(O)O)cc1. The lowest BCUT2D eigenvalue weighted by Gasteiger charge is -2.23. The van der Waals surface area contributed by atoms with Gasteiger partial charge in [-0.3, -0.25) is 0 Å². The van der Waals surface area contributed by atoms with Crippen molar-refractivity contribution >= 4 is 58.8 Å². The maximum Gasteiger partial charge on any atom is 0.597 e. The number of benzene rings is 3. The molecule has 1 unspecified atom stereocenters. The Morgan fingerprint density at radius 1 is 0.500 bits per heavy atom. The van der Waals surface area contributed by atoms with E-state index >= 15 is 0 Å². The molecule has 19 heteroatoms. The first-order chi connectivity index (χ1) is 18.9. The first kappa shape index (κ1) is 30.3. The number of isocyanates is 3. The average Bonchev–Trinajstić information content (AvgIpc) is 2.86. The van der Waals surface area contributed by atoms with Crippen LogP contribution in [0, 0.1) is 0 Å². The zero-order valence-electron chi connectivity index (χ0n) is 19.5. The highest BCUT2D eigenvalue weighted by Crippen LogP contribution is 2.69. The van der Waals surface area contributed by atoms with Crippen LogP contribution in [0.25, 0.3) is 0 Å². The van der Waals surface area contributed by atoms with E-state index in [1.54, 1.807) is 0 Å². The Morgan fingerprint density at radius 2 is 0.800 bits per heavy atom. The van der Waals surface area contributed by atoms with E-state index in [2.05, 4.69) is 19.3 Å². The molecule has 1 atom stereocenters. The van der Waals surface area contributed by atoms with Crippen molar-refractivity contribution in [2.75, 3.05) is 0 Å². The molecule has 2 N–H and O–H groups in total. The van der Waals surface area contributed by atoms with Gasteiger partial charge in [-0.15, -0.1) is 0 Å². The van der Waals surface area contributed by atoms with Gasteiger partial charge in [0.05, 0.1) is 17.1 Å². The number of hydrogen-bond donors (Lipinski definition) is 2. The molecular weight excluding hydrogens is 595 g/mol. The number of nitrogens with zero attached hydrogens (tertiary/aromatic N) is 3. The van der Waals surface area contributed by atoms with Crippen molar-refractivity contribution in [1.82, 2.24) is 0 Å². The minimum Gasteiger partial charge on any atom is -0.403 e. The molecule has 40 heavy (non-hydrogen) atoms. The Balaban J connectivity index is 2.01. The topological polar surface area (TPSA) is 226 Å². The molecule has 0 saturated heterocycles. The number of phosphoric acid groups is 3. The number of carbonyl (C=O) groups excluding carboxylic acids is 3. The number of phosphoric ester groups is 1. The summed E-state index contributed by atoms with van der Waals surface area (Å²) in [5.74, 6) is -0.927. The Hall–Kier alpha value is -4.27. The van der Waals surface area contributed by atoms with E-state index in [0.717, 1.165) is 36.4 Å². The zero-order valence-corrected chi connectivity index (χ0v) is 22.2. The summed E-state index contributed by atoms with van der Waals surface area (Å²) in [4.78, 5) is 60.0. The minimum atomic E-state index is -5.64. The lowest BCUT2D eigenvalue weighted by molar-refractivity contribution is 0.213. The molecular formula is C21H14N3O13P3. The summed E-state index contributed by atoms with van der Waals surface area (Å²) in [7, 11) is -16.4. The van der Waals surface area contributed by atoms with Gasteiger partial charge in [-0.2, -0.15) is 23.6 Å². The molecule has 206 valence electrons. The van der Waals surface area contributed by atoms with Crippen LogP contribution in [0.15, 0.2) is 87.8 Å². The highest BCUT2D eigenvalue weighted by Gasteiger charge is 2.48. The van der Waals surface area contributed by atoms with Crippen molar-refractivity contribution in [2.45, 2.75) is 0 Å². The van der Waals surface area contributed by atoms with E-state index in [1.807, 2.05) is 0 Å². The van der Waals surface area contributed by atoms with Crippen molar-refractivity contribution in [3.8, 4) is 17.2 Å². The Bertz CT molecular complexity index is 1570. The molecule has 3 rings (SSSR count). The van der Waals surface area contributed by atoms with Gasteiger partial charge in [0.25, 0.3) is 0 Å². The average molecular weight is 609 g/mol. The van der Waals surface area contributed by atoms with Gasteiger partial charge in [-0.25, -0.2) is 28.1 Å². The molecule has 0 aliphatic heterocycles. The van der Waals surface area contributed by atoms with Crippen LogP contribution in [0.5, 0.6) is 17.2 Å². The molecule has 0 amide bonds. The second-order valence-corrected chi connectivity index (χ2v) is 11.5. The summed E-state index contributed by atoms with van der Waals surface area (Å²) in [5.41, 5.74) is 0.356. The summed E-state index contributed by atoms with van der Waals surface area (Å²) in [6.45, 7) is 0. The van der Waals surface area contributed by atoms with Crippen LogP contribution in [0.4, 0.5) is 17.1 Å². The van der Waals surface area contributed by atoms with Crippen LogP contribution in [0.2, 0.25) is 0 Å². The molecule has 3 aromatic rings.